The molecule has 0 spiro atoms. The largest absolute Gasteiger partial charge is 0.460 e. The summed E-state index contributed by atoms with van der Waals surface area (Å²) in [6, 6.07) is 7.69. The first-order chi connectivity index (χ1) is 16.0. The highest BCUT2D eigenvalue weighted by Gasteiger charge is 2.33. The lowest BCUT2D eigenvalue weighted by Crippen LogP contribution is -2.31. The molecule has 1 amide bonds. The van der Waals surface area contributed by atoms with Crippen LogP contribution in [0.25, 0.3) is 5.53 Å². The van der Waals surface area contributed by atoms with Crippen molar-refractivity contribution in [3.63, 3.8) is 0 Å². The van der Waals surface area contributed by atoms with Crippen LogP contribution in [0.4, 0.5) is 0 Å². The van der Waals surface area contributed by atoms with E-state index in [0.717, 1.165) is 18.1 Å². The van der Waals surface area contributed by atoms with Crippen LogP contribution < -0.4 is 0 Å². The summed E-state index contributed by atoms with van der Waals surface area (Å²) in [5.41, 5.74) is 9.34. The highest BCUT2D eigenvalue weighted by atomic mass is 35.5. The molecule has 0 atom stereocenters. The van der Waals surface area contributed by atoms with Crippen molar-refractivity contribution in [3.05, 3.63) is 74.3 Å². The van der Waals surface area contributed by atoms with Gasteiger partial charge in [0.05, 0.1) is 23.1 Å². The minimum Gasteiger partial charge on any atom is -0.460 e. The topological polar surface area (TPSA) is 130 Å². The van der Waals surface area contributed by atoms with Crippen LogP contribution in [0.2, 0.25) is 10.3 Å². The third-order valence-corrected chi connectivity index (χ3v) is 6.67. The van der Waals surface area contributed by atoms with Crippen LogP contribution in [-0.4, -0.2) is 61.4 Å². The Bertz CT molecular complexity index is 1270. The predicted octanol–water partition coefficient (Wildman–Crippen LogP) is 3.73. The lowest BCUT2D eigenvalue weighted by Gasteiger charge is -2.18. The first-order valence-electron chi connectivity index (χ1n) is 9.92. The third-order valence-electron chi connectivity index (χ3n) is 4.73. The van der Waals surface area contributed by atoms with Gasteiger partial charge in [0, 0.05) is 19.0 Å². The molecule has 0 bridgehead atoms. The molecule has 12 heteroatoms. The molecule has 0 N–H and O–H groups in total. The number of carbonyl (C=O) groups is 2. The van der Waals surface area contributed by atoms with Crippen molar-refractivity contribution in [2.24, 2.45) is 0 Å². The van der Waals surface area contributed by atoms with E-state index in [4.69, 9.17) is 23.2 Å². The second-order valence-electron chi connectivity index (χ2n) is 7.20. The van der Waals surface area contributed by atoms with E-state index in [1.165, 1.54) is 24.1 Å². The molecule has 180 valence electrons. The van der Waals surface area contributed by atoms with E-state index >= 15 is 0 Å². The number of ether oxygens (including phenoxy) is 1. The molecular weight excluding hydrogens is 503 g/mol. The highest BCUT2D eigenvalue weighted by molar-refractivity contribution is 7.94. The maximum Gasteiger partial charge on any atom is 0.422 e. The van der Waals surface area contributed by atoms with Gasteiger partial charge in [-0.2, -0.15) is 4.79 Å². The third kappa shape index (κ3) is 6.74. The Balaban J connectivity index is 2.12. The summed E-state index contributed by atoms with van der Waals surface area (Å²) in [6.07, 6.45) is 2.34. The van der Waals surface area contributed by atoms with E-state index in [1.807, 2.05) is 6.92 Å². The van der Waals surface area contributed by atoms with Crippen molar-refractivity contribution in [1.82, 2.24) is 9.88 Å². The van der Waals surface area contributed by atoms with Gasteiger partial charge in [0.25, 0.3) is 5.91 Å². The smallest absolute Gasteiger partial charge is 0.422 e. The second-order valence-corrected chi connectivity index (χ2v) is 9.78. The van der Waals surface area contributed by atoms with E-state index < -0.39 is 27.4 Å². The first kappa shape index (κ1) is 27.2. The number of pyridine rings is 1. The fourth-order valence-electron chi connectivity index (χ4n) is 2.92. The Labute approximate surface area is 207 Å². The van der Waals surface area contributed by atoms with E-state index in [0.29, 0.717) is 12.8 Å². The van der Waals surface area contributed by atoms with Gasteiger partial charge in [0.15, 0.2) is 9.84 Å². The molecule has 0 saturated carbocycles. The van der Waals surface area contributed by atoms with Gasteiger partial charge in [-0.05, 0) is 38.0 Å². The maximum absolute atomic E-state index is 13.0. The van der Waals surface area contributed by atoms with Crippen molar-refractivity contribution in [2.45, 2.75) is 24.7 Å². The number of methoxy groups -OCH3 is 1. The number of hydrogen-bond donors (Lipinski definition) is 0. The number of allylic oxidation sites excluding steroid dienone is 1. The average molecular weight is 525 g/mol. The Morgan fingerprint density at radius 1 is 1.24 bits per heavy atom. The zero-order valence-corrected chi connectivity index (χ0v) is 21.0. The van der Waals surface area contributed by atoms with Gasteiger partial charge in [-0.25, -0.2) is 18.2 Å². The minimum absolute atomic E-state index is 0.121. The molecule has 1 aromatic heterocycles. The maximum atomic E-state index is 13.0. The summed E-state index contributed by atoms with van der Waals surface area (Å²) < 4.78 is 29.3. The fourth-order valence-corrected chi connectivity index (χ4v) is 4.49. The van der Waals surface area contributed by atoms with E-state index in [-0.39, 0.29) is 32.9 Å². The zero-order valence-electron chi connectivity index (χ0n) is 18.7. The second kappa shape index (κ2) is 11.9. The van der Waals surface area contributed by atoms with Gasteiger partial charge in [-0.3, -0.25) is 4.79 Å². The Morgan fingerprint density at radius 2 is 1.88 bits per heavy atom. The Kier molecular flexibility index (Phi) is 9.52. The molecule has 9 nitrogen and oxygen atoms in total. The number of nitrogens with zero attached hydrogens (tertiary/aromatic N) is 4. The molecule has 1 aromatic carbocycles. The lowest BCUT2D eigenvalue weighted by molar-refractivity contribution is -0.137. The molecule has 0 aliphatic heterocycles. The van der Waals surface area contributed by atoms with Crippen molar-refractivity contribution in [1.29, 1.82) is 0 Å². The number of carbonyl (C=O) groups excluding carboxylic acids is 2. The molecule has 0 radical (unpaired) electrons. The van der Waals surface area contributed by atoms with E-state index in [9.17, 15) is 23.5 Å². The molecule has 2 rings (SSSR count). The van der Waals surface area contributed by atoms with E-state index in [1.54, 1.807) is 24.3 Å². The molecule has 0 unspecified atom stereocenters. The lowest BCUT2D eigenvalue weighted by atomic mass is 10.0. The van der Waals surface area contributed by atoms with Crippen molar-refractivity contribution in [2.75, 3.05) is 20.7 Å². The van der Waals surface area contributed by atoms with E-state index in [2.05, 4.69) is 14.5 Å². The highest BCUT2D eigenvalue weighted by Crippen LogP contribution is 2.24. The normalized spacial score (nSPS) is 11.2. The summed E-state index contributed by atoms with van der Waals surface area (Å²) in [5, 5.41) is 0.732. The quantitative estimate of drug-likeness (QED) is 0.123. The number of sulfone groups is 1. The van der Waals surface area contributed by atoms with Gasteiger partial charge in [-0.15, -0.1) is 0 Å². The van der Waals surface area contributed by atoms with Gasteiger partial charge in [0.2, 0.25) is 0 Å². The van der Waals surface area contributed by atoms with Crippen LogP contribution in [0.5, 0.6) is 0 Å². The number of unbranched alkanes of at least 4 members (excludes halogenated alkanes) is 1. The molecule has 1 heterocycles. The molecular formula is C22H22Cl2N4O5S. The average Bonchev–Trinajstić information content (AvgIpc) is 2.78. The number of halogens is 2. The predicted molar refractivity (Wildman–Crippen MR) is 128 cm³/mol. The summed E-state index contributed by atoms with van der Waals surface area (Å²) in [5.74, 6) is -1.61. The molecule has 0 saturated heterocycles. The SMILES string of the molecule is COC(=O)C(=[N+]=[N-])c1cc(Cl)nc(Cl)c1C(=O)N(C)CCC/C=C/S(=O)(=O)c1ccc(C)cc1. The monoisotopic (exact) mass is 524 g/mol. The van der Waals surface area contributed by atoms with Crippen LogP contribution in [0.15, 0.2) is 46.7 Å². The summed E-state index contributed by atoms with van der Waals surface area (Å²) in [7, 11) is -0.976. The van der Waals surface area contributed by atoms with Crippen LogP contribution in [0.3, 0.4) is 0 Å². The molecule has 0 aliphatic rings. The molecule has 0 aliphatic carbocycles. The first-order valence-corrected chi connectivity index (χ1v) is 12.2. The summed E-state index contributed by atoms with van der Waals surface area (Å²) >= 11 is 12.0. The summed E-state index contributed by atoms with van der Waals surface area (Å²) in [6.45, 7) is 2.10. The Morgan fingerprint density at radius 3 is 2.47 bits per heavy atom. The van der Waals surface area contributed by atoms with Gasteiger partial charge < -0.3 is 15.2 Å². The minimum atomic E-state index is -3.56. The van der Waals surface area contributed by atoms with Crippen molar-refractivity contribution < 1.29 is 27.5 Å². The van der Waals surface area contributed by atoms with Crippen LogP contribution in [0.1, 0.15) is 34.3 Å². The van der Waals surface area contributed by atoms with Crippen LogP contribution in [-0.2, 0) is 19.4 Å². The number of hydrogen-bond acceptors (Lipinski definition) is 6. The van der Waals surface area contributed by atoms with Crippen molar-refractivity contribution in [3.8, 4) is 0 Å². The number of aryl methyl sites for hydroxylation is 1. The summed E-state index contributed by atoms with van der Waals surface area (Å²) in [4.78, 5) is 33.2. The number of benzene rings is 1. The van der Waals surface area contributed by atoms with Crippen molar-refractivity contribution >= 4 is 50.6 Å². The zero-order chi connectivity index (χ0) is 25.5. The number of rotatable bonds is 9. The molecule has 0 fully saturated rings. The van der Waals surface area contributed by atoms with Gasteiger partial charge in [0.1, 0.15) is 10.3 Å². The Hall–Kier alpha value is -3.04. The van der Waals surface area contributed by atoms with Gasteiger partial charge >= 0.3 is 11.7 Å². The fraction of sp³-hybridized carbons (Fsp3) is 0.273. The van der Waals surface area contributed by atoms with Crippen LogP contribution in [0, 0.1) is 6.92 Å². The van der Waals surface area contributed by atoms with Gasteiger partial charge in [-0.1, -0.05) is 47.0 Å². The molecule has 2 aromatic rings. The number of esters is 1. The van der Waals surface area contributed by atoms with Crippen LogP contribution >= 0.6 is 23.2 Å². The number of amides is 1. The number of aromatic nitrogens is 1. The standard InChI is InChI=1S/C22H22Cl2N4O5S/c1-14-7-9-15(10-8-14)34(31,32)12-6-4-5-11-28(2)21(29)18-16(13-17(23)26-20(18)24)19(27-25)22(30)33-3/h6-10,12-13H,4-5,11H2,1-3H3/b12-6+. The molecule has 34 heavy (non-hydrogen) atoms.